The van der Waals surface area contributed by atoms with Crippen molar-refractivity contribution in [3.05, 3.63) is 23.8 Å². The summed E-state index contributed by atoms with van der Waals surface area (Å²) in [6, 6.07) is 5.34. The van der Waals surface area contributed by atoms with Crippen molar-refractivity contribution in [3.8, 4) is 5.75 Å². The van der Waals surface area contributed by atoms with Crippen LogP contribution < -0.4 is 10.1 Å². The van der Waals surface area contributed by atoms with E-state index in [0.717, 1.165) is 12.8 Å². The van der Waals surface area contributed by atoms with Gasteiger partial charge in [-0.2, -0.15) is 0 Å². The van der Waals surface area contributed by atoms with Gasteiger partial charge in [-0.3, -0.25) is 4.79 Å². The molecule has 1 aromatic carbocycles. The fourth-order valence-corrected chi connectivity index (χ4v) is 2.01. The normalized spacial score (nSPS) is 10.3. The van der Waals surface area contributed by atoms with Crippen molar-refractivity contribution in [2.75, 3.05) is 11.9 Å². The number of benzene rings is 1. The molecule has 0 radical (unpaired) electrons. The van der Waals surface area contributed by atoms with Crippen LogP contribution in [-0.2, 0) is 11.4 Å². The van der Waals surface area contributed by atoms with E-state index in [2.05, 4.69) is 12.2 Å². The summed E-state index contributed by atoms with van der Waals surface area (Å²) in [5, 5.41) is 12.2. The molecule has 0 unspecified atom stereocenters. The topological polar surface area (TPSA) is 58.6 Å². The number of aliphatic hydroxyl groups excluding tert-OH is 1. The molecule has 0 heterocycles. The van der Waals surface area contributed by atoms with Gasteiger partial charge in [0.1, 0.15) is 5.75 Å². The molecule has 0 saturated carbocycles. The fraction of sp³-hybridized carbons (Fsp3) is 0.562. The first kappa shape index (κ1) is 16.5. The van der Waals surface area contributed by atoms with E-state index in [-0.39, 0.29) is 12.5 Å². The van der Waals surface area contributed by atoms with E-state index < -0.39 is 0 Å². The Morgan fingerprint density at radius 1 is 1.25 bits per heavy atom. The molecule has 112 valence electrons. The zero-order valence-corrected chi connectivity index (χ0v) is 12.4. The molecule has 1 aromatic rings. The van der Waals surface area contributed by atoms with E-state index in [1.807, 2.05) is 6.92 Å². The summed E-state index contributed by atoms with van der Waals surface area (Å²) >= 11 is 0. The van der Waals surface area contributed by atoms with Gasteiger partial charge in [-0.15, -0.1) is 0 Å². The van der Waals surface area contributed by atoms with E-state index in [4.69, 9.17) is 4.74 Å². The van der Waals surface area contributed by atoms with E-state index in [1.54, 1.807) is 18.2 Å². The third kappa shape index (κ3) is 5.61. The Balaban J connectivity index is 2.52. The molecule has 0 saturated heterocycles. The number of rotatable bonds is 9. The molecule has 20 heavy (non-hydrogen) atoms. The number of amides is 1. The monoisotopic (exact) mass is 279 g/mol. The number of aliphatic hydroxyl groups is 1. The maximum Gasteiger partial charge on any atom is 0.224 e. The summed E-state index contributed by atoms with van der Waals surface area (Å²) in [6.45, 7) is 4.50. The Hall–Kier alpha value is -1.55. The number of unbranched alkanes of at least 4 members (excludes halogenated alkanes) is 3. The summed E-state index contributed by atoms with van der Waals surface area (Å²) in [4.78, 5) is 11.8. The Morgan fingerprint density at radius 2 is 2.05 bits per heavy atom. The molecule has 1 rings (SSSR count). The first-order chi connectivity index (χ1) is 9.71. The van der Waals surface area contributed by atoms with E-state index >= 15 is 0 Å². The molecular weight excluding hydrogens is 254 g/mol. The molecule has 2 N–H and O–H groups in total. The Bertz CT molecular complexity index is 418. The number of ether oxygens (including phenoxy) is 1. The first-order valence-electron chi connectivity index (χ1n) is 7.37. The molecule has 0 fully saturated rings. The van der Waals surface area contributed by atoms with Gasteiger partial charge in [0.25, 0.3) is 0 Å². The molecule has 1 amide bonds. The summed E-state index contributed by atoms with van der Waals surface area (Å²) in [5.74, 6) is 0.685. The van der Waals surface area contributed by atoms with Gasteiger partial charge >= 0.3 is 0 Å². The van der Waals surface area contributed by atoms with Crippen LogP contribution in [-0.4, -0.2) is 17.6 Å². The quantitative estimate of drug-likeness (QED) is 0.680. The van der Waals surface area contributed by atoms with Crippen molar-refractivity contribution in [2.24, 2.45) is 0 Å². The average molecular weight is 279 g/mol. The first-order valence-corrected chi connectivity index (χ1v) is 7.37. The molecule has 0 spiro atoms. The van der Waals surface area contributed by atoms with Crippen molar-refractivity contribution in [1.29, 1.82) is 0 Å². The largest absolute Gasteiger partial charge is 0.494 e. The number of nitrogens with one attached hydrogen (secondary N) is 1. The standard InChI is InChI=1S/C16H25NO3/c1-3-5-6-7-8-16(19)17-14-9-10-15(20-4-2)13(11-14)12-18/h9-11,18H,3-8,12H2,1-2H3,(H,17,19). The molecule has 0 aromatic heterocycles. The van der Waals surface area contributed by atoms with Gasteiger partial charge in [0.05, 0.1) is 13.2 Å². The minimum atomic E-state index is -0.102. The van der Waals surface area contributed by atoms with Crippen LogP contribution in [0.3, 0.4) is 0 Å². The predicted octanol–water partition coefficient (Wildman–Crippen LogP) is 3.49. The number of carbonyl (C=O) groups is 1. The molecule has 4 heteroatoms. The minimum Gasteiger partial charge on any atom is -0.494 e. The van der Waals surface area contributed by atoms with Crippen molar-refractivity contribution >= 4 is 11.6 Å². The molecular formula is C16H25NO3. The van der Waals surface area contributed by atoms with E-state index in [9.17, 15) is 9.90 Å². The van der Waals surface area contributed by atoms with Crippen LogP contribution in [0.25, 0.3) is 0 Å². The molecule has 4 nitrogen and oxygen atoms in total. The maximum absolute atomic E-state index is 11.8. The highest BCUT2D eigenvalue weighted by Crippen LogP contribution is 2.23. The Kier molecular flexibility index (Phi) is 7.73. The van der Waals surface area contributed by atoms with Gasteiger partial charge in [0.15, 0.2) is 0 Å². The molecule has 0 bridgehead atoms. The Morgan fingerprint density at radius 3 is 2.70 bits per heavy atom. The summed E-state index contributed by atoms with van der Waals surface area (Å²) in [6.07, 6.45) is 4.89. The Labute approximate surface area is 121 Å². The molecule has 0 aliphatic carbocycles. The van der Waals surface area contributed by atoms with Crippen LogP contribution in [0.5, 0.6) is 5.75 Å². The summed E-state index contributed by atoms with van der Waals surface area (Å²) in [5.41, 5.74) is 1.40. The third-order valence-corrected chi connectivity index (χ3v) is 3.07. The zero-order valence-electron chi connectivity index (χ0n) is 12.4. The van der Waals surface area contributed by atoms with Gasteiger partial charge < -0.3 is 15.2 Å². The van der Waals surface area contributed by atoms with Crippen LogP contribution in [0.1, 0.15) is 51.5 Å². The lowest BCUT2D eigenvalue weighted by molar-refractivity contribution is -0.116. The van der Waals surface area contributed by atoms with E-state index in [0.29, 0.717) is 30.0 Å². The zero-order chi connectivity index (χ0) is 14.8. The van der Waals surface area contributed by atoms with Crippen molar-refractivity contribution in [1.82, 2.24) is 0 Å². The minimum absolute atomic E-state index is 0.0224. The van der Waals surface area contributed by atoms with Crippen LogP contribution in [0.2, 0.25) is 0 Å². The molecule has 0 atom stereocenters. The van der Waals surface area contributed by atoms with Gasteiger partial charge in [-0.05, 0) is 31.5 Å². The van der Waals surface area contributed by atoms with Crippen LogP contribution in [0.15, 0.2) is 18.2 Å². The summed E-state index contributed by atoms with van der Waals surface area (Å²) < 4.78 is 5.41. The number of anilines is 1. The lowest BCUT2D eigenvalue weighted by atomic mass is 10.1. The van der Waals surface area contributed by atoms with E-state index in [1.165, 1.54) is 12.8 Å². The second-order valence-corrected chi connectivity index (χ2v) is 4.77. The smallest absolute Gasteiger partial charge is 0.224 e. The number of hydrogen-bond donors (Lipinski definition) is 2. The van der Waals surface area contributed by atoms with Gasteiger partial charge in [-0.1, -0.05) is 26.2 Å². The second-order valence-electron chi connectivity index (χ2n) is 4.77. The maximum atomic E-state index is 11.8. The highest BCUT2D eigenvalue weighted by Gasteiger charge is 2.07. The SMILES string of the molecule is CCCCCCC(=O)Nc1ccc(OCC)c(CO)c1. The second kappa shape index (κ2) is 9.37. The number of hydrogen-bond acceptors (Lipinski definition) is 3. The van der Waals surface area contributed by atoms with Crippen LogP contribution >= 0.6 is 0 Å². The van der Waals surface area contributed by atoms with Crippen molar-refractivity contribution in [3.63, 3.8) is 0 Å². The highest BCUT2D eigenvalue weighted by atomic mass is 16.5. The van der Waals surface area contributed by atoms with Crippen molar-refractivity contribution in [2.45, 2.75) is 52.6 Å². The molecule has 0 aliphatic rings. The van der Waals surface area contributed by atoms with Gasteiger partial charge in [0.2, 0.25) is 5.91 Å². The third-order valence-electron chi connectivity index (χ3n) is 3.07. The lowest BCUT2D eigenvalue weighted by Crippen LogP contribution is -2.11. The molecule has 0 aliphatic heterocycles. The predicted molar refractivity (Wildman–Crippen MR) is 80.9 cm³/mol. The van der Waals surface area contributed by atoms with Crippen molar-refractivity contribution < 1.29 is 14.6 Å². The lowest BCUT2D eigenvalue weighted by Gasteiger charge is -2.11. The fourth-order valence-electron chi connectivity index (χ4n) is 2.01. The summed E-state index contributed by atoms with van der Waals surface area (Å²) in [7, 11) is 0. The number of carbonyl (C=O) groups excluding carboxylic acids is 1. The van der Waals surface area contributed by atoms with Gasteiger partial charge in [0, 0.05) is 17.7 Å². The van der Waals surface area contributed by atoms with Crippen LogP contribution in [0, 0.1) is 0 Å². The highest BCUT2D eigenvalue weighted by molar-refractivity contribution is 5.90. The average Bonchev–Trinajstić information content (AvgIpc) is 2.45. The van der Waals surface area contributed by atoms with Crippen LogP contribution in [0.4, 0.5) is 5.69 Å². The van der Waals surface area contributed by atoms with Gasteiger partial charge in [-0.25, -0.2) is 0 Å².